The van der Waals surface area contributed by atoms with Gasteiger partial charge in [0, 0.05) is 26.4 Å². The normalized spacial score (nSPS) is 24.1. The first-order valence-electron chi connectivity index (χ1n) is 6.00. The van der Waals surface area contributed by atoms with Crippen LogP contribution in [0, 0.1) is 5.82 Å². The molecule has 2 rings (SSSR count). The van der Waals surface area contributed by atoms with Crippen LogP contribution in [0.1, 0.15) is 30.1 Å². The minimum atomic E-state index is -0.577. The van der Waals surface area contributed by atoms with Gasteiger partial charge in [-0.25, -0.2) is 4.39 Å². The van der Waals surface area contributed by atoms with E-state index in [0.717, 1.165) is 19.0 Å². The van der Waals surface area contributed by atoms with Gasteiger partial charge in [-0.3, -0.25) is 9.78 Å². The number of hydrogen-bond acceptors (Lipinski definition) is 3. The Hall–Kier alpha value is -1.49. The zero-order chi connectivity index (χ0) is 13.2. The fraction of sp³-hybridized carbons (Fsp3) is 0.538. The van der Waals surface area contributed by atoms with Crippen LogP contribution in [0.5, 0.6) is 0 Å². The molecule has 18 heavy (non-hydrogen) atoms. The summed E-state index contributed by atoms with van der Waals surface area (Å²) >= 11 is 0. The highest BCUT2D eigenvalue weighted by atomic mass is 19.1. The Labute approximate surface area is 106 Å². The third kappa shape index (κ3) is 2.51. The number of rotatable bonds is 2. The number of ether oxygens (including phenoxy) is 1. The van der Waals surface area contributed by atoms with Crippen LogP contribution in [0.25, 0.3) is 0 Å². The topological polar surface area (TPSA) is 42.4 Å². The molecule has 0 radical (unpaired) electrons. The molecule has 1 aliphatic rings. The maximum Gasteiger partial charge on any atom is 0.257 e. The molecule has 1 amide bonds. The molecule has 0 aliphatic carbocycles. The lowest BCUT2D eigenvalue weighted by Gasteiger charge is -2.39. The van der Waals surface area contributed by atoms with Gasteiger partial charge in [-0.1, -0.05) is 0 Å². The van der Waals surface area contributed by atoms with E-state index in [2.05, 4.69) is 4.98 Å². The van der Waals surface area contributed by atoms with Gasteiger partial charge in [0.05, 0.1) is 17.4 Å². The van der Waals surface area contributed by atoms with Crippen LogP contribution >= 0.6 is 0 Å². The monoisotopic (exact) mass is 252 g/mol. The third-order valence-corrected chi connectivity index (χ3v) is 3.44. The molecule has 1 saturated heterocycles. The van der Waals surface area contributed by atoms with Gasteiger partial charge in [0.15, 0.2) is 5.82 Å². The lowest BCUT2D eigenvalue weighted by atomic mass is 9.94. The van der Waals surface area contributed by atoms with Crippen LogP contribution in [-0.2, 0) is 4.74 Å². The van der Waals surface area contributed by atoms with Crippen molar-refractivity contribution in [1.29, 1.82) is 0 Å². The van der Waals surface area contributed by atoms with Gasteiger partial charge in [0.2, 0.25) is 0 Å². The van der Waals surface area contributed by atoms with Gasteiger partial charge in [0.1, 0.15) is 0 Å². The zero-order valence-electron chi connectivity index (χ0n) is 10.6. The summed E-state index contributed by atoms with van der Waals surface area (Å²) in [5.74, 6) is -0.870. The molecule has 0 bridgehead atoms. The summed E-state index contributed by atoms with van der Waals surface area (Å²) in [6.07, 6.45) is 4.26. The fourth-order valence-electron chi connectivity index (χ4n) is 2.26. The standard InChI is InChI=1S/C13H17FN2O2/c1-13(18-2)5-3-7-16(9-13)12(17)10-4-6-15-8-11(10)14/h4,6,8H,3,5,7,9H2,1-2H3. The molecular weight excluding hydrogens is 235 g/mol. The van der Waals surface area contributed by atoms with Crippen molar-refractivity contribution in [3.8, 4) is 0 Å². The minimum absolute atomic E-state index is 0.0744. The highest BCUT2D eigenvalue weighted by Crippen LogP contribution is 2.25. The van der Waals surface area contributed by atoms with E-state index in [1.807, 2.05) is 6.92 Å². The number of carbonyl (C=O) groups excluding carboxylic acids is 1. The van der Waals surface area contributed by atoms with Gasteiger partial charge in [-0.05, 0) is 25.8 Å². The van der Waals surface area contributed by atoms with E-state index in [4.69, 9.17) is 4.74 Å². The Morgan fingerprint density at radius 1 is 1.61 bits per heavy atom. The van der Waals surface area contributed by atoms with Crippen LogP contribution in [0.3, 0.4) is 0 Å². The summed E-state index contributed by atoms with van der Waals surface area (Å²) in [5.41, 5.74) is -0.261. The number of aromatic nitrogens is 1. The minimum Gasteiger partial charge on any atom is -0.377 e. The van der Waals surface area contributed by atoms with E-state index in [9.17, 15) is 9.18 Å². The number of amides is 1. The molecule has 0 N–H and O–H groups in total. The van der Waals surface area contributed by atoms with Crippen molar-refractivity contribution in [2.75, 3.05) is 20.2 Å². The number of hydrogen-bond donors (Lipinski definition) is 0. The Bertz CT molecular complexity index is 452. The van der Waals surface area contributed by atoms with Gasteiger partial charge >= 0.3 is 0 Å². The predicted molar refractivity (Wildman–Crippen MR) is 64.7 cm³/mol. The number of methoxy groups -OCH3 is 1. The van der Waals surface area contributed by atoms with Crippen molar-refractivity contribution in [1.82, 2.24) is 9.88 Å². The highest BCUT2D eigenvalue weighted by molar-refractivity contribution is 5.94. The molecule has 2 heterocycles. The summed E-state index contributed by atoms with van der Waals surface area (Å²) in [6.45, 7) is 3.10. The Morgan fingerprint density at radius 3 is 3.06 bits per heavy atom. The smallest absolute Gasteiger partial charge is 0.257 e. The SMILES string of the molecule is COC1(C)CCCN(C(=O)c2ccncc2F)C1. The molecule has 4 nitrogen and oxygen atoms in total. The van der Waals surface area contributed by atoms with Crippen LogP contribution in [0.2, 0.25) is 0 Å². The van der Waals surface area contributed by atoms with Crippen molar-refractivity contribution in [2.45, 2.75) is 25.4 Å². The summed E-state index contributed by atoms with van der Waals surface area (Å²) < 4.78 is 19.0. The maximum atomic E-state index is 13.5. The molecule has 0 saturated carbocycles. The molecule has 1 atom stereocenters. The van der Waals surface area contributed by atoms with Crippen molar-refractivity contribution in [2.24, 2.45) is 0 Å². The second-order valence-corrected chi connectivity index (χ2v) is 4.84. The van der Waals surface area contributed by atoms with Gasteiger partial charge in [-0.2, -0.15) is 0 Å². The van der Waals surface area contributed by atoms with Crippen molar-refractivity contribution in [3.63, 3.8) is 0 Å². The summed E-state index contributed by atoms with van der Waals surface area (Å²) in [6, 6.07) is 1.41. The Morgan fingerprint density at radius 2 is 2.39 bits per heavy atom. The van der Waals surface area contributed by atoms with Crippen molar-refractivity contribution in [3.05, 3.63) is 29.8 Å². The molecule has 5 heteroatoms. The highest BCUT2D eigenvalue weighted by Gasteiger charge is 2.33. The number of piperidine rings is 1. The molecule has 1 unspecified atom stereocenters. The number of carbonyl (C=O) groups is 1. The van der Waals surface area contributed by atoms with Crippen LogP contribution in [0.4, 0.5) is 4.39 Å². The molecular formula is C13H17FN2O2. The lowest BCUT2D eigenvalue weighted by molar-refractivity contribution is -0.0441. The lowest BCUT2D eigenvalue weighted by Crippen LogP contribution is -2.49. The van der Waals surface area contributed by atoms with E-state index in [1.54, 1.807) is 12.0 Å². The molecule has 0 spiro atoms. The third-order valence-electron chi connectivity index (χ3n) is 3.44. The van der Waals surface area contributed by atoms with Crippen LogP contribution in [-0.4, -0.2) is 41.6 Å². The van der Waals surface area contributed by atoms with Gasteiger partial charge in [0.25, 0.3) is 5.91 Å². The van der Waals surface area contributed by atoms with Crippen molar-refractivity contribution >= 4 is 5.91 Å². The fourth-order valence-corrected chi connectivity index (χ4v) is 2.26. The van der Waals surface area contributed by atoms with E-state index in [1.165, 1.54) is 12.3 Å². The van der Waals surface area contributed by atoms with Crippen LogP contribution in [0.15, 0.2) is 18.5 Å². The zero-order valence-corrected chi connectivity index (χ0v) is 10.6. The average molecular weight is 252 g/mol. The van der Waals surface area contributed by atoms with E-state index < -0.39 is 5.82 Å². The second-order valence-electron chi connectivity index (χ2n) is 4.84. The molecule has 1 aromatic heterocycles. The molecule has 1 fully saturated rings. The first-order valence-corrected chi connectivity index (χ1v) is 6.00. The summed E-state index contributed by atoms with van der Waals surface area (Å²) in [7, 11) is 1.64. The number of likely N-dealkylation sites (tertiary alicyclic amines) is 1. The summed E-state index contributed by atoms with van der Waals surface area (Å²) in [5, 5.41) is 0. The first-order chi connectivity index (χ1) is 8.56. The number of halogens is 1. The Balaban J connectivity index is 2.17. The van der Waals surface area contributed by atoms with Gasteiger partial charge in [-0.15, -0.1) is 0 Å². The number of pyridine rings is 1. The molecule has 1 aromatic rings. The van der Waals surface area contributed by atoms with Gasteiger partial charge < -0.3 is 9.64 Å². The molecule has 1 aliphatic heterocycles. The largest absolute Gasteiger partial charge is 0.377 e. The number of nitrogens with zero attached hydrogens (tertiary/aromatic N) is 2. The van der Waals surface area contributed by atoms with Crippen molar-refractivity contribution < 1.29 is 13.9 Å². The molecule has 0 aromatic carbocycles. The predicted octanol–water partition coefficient (Wildman–Crippen LogP) is 1.86. The maximum absolute atomic E-state index is 13.5. The van der Waals surface area contributed by atoms with E-state index in [0.29, 0.717) is 13.1 Å². The molecule has 98 valence electrons. The van der Waals surface area contributed by atoms with Crippen LogP contribution < -0.4 is 0 Å². The first kappa shape index (κ1) is 13.0. The second kappa shape index (κ2) is 5.02. The van der Waals surface area contributed by atoms with E-state index >= 15 is 0 Å². The van der Waals surface area contributed by atoms with E-state index in [-0.39, 0.29) is 17.1 Å². The summed E-state index contributed by atoms with van der Waals surface area (Å²) in [4.78, 5) is 17.5. The average Bonchev–Trinajstić information content (AvgIpc) is 2.39. The Kier molecular flexibility index (Phi) is 3.61. The quantitative estimate of drug-likeness (QED) is 0.807.